The van der Waals surface area contributed by atoms with Crippen molar-refractivity contribution in [3.63, 3.8) is 0 Å². The van der Waals surface area contributed by atoms with Crippen LogP contribution < -0.4 is 5.32 Å². The summed E-state index contributed by atoms with van der Waals surface area (Å²) in [6, 6.07) is 6.94. The number of hydrogen-bond donors (Lipinski definition) is 5. The maximum absolute atomic E-state index is 12.6. The summed E-state index contributed by atoms with van der Waals surface area (Å²) >= 11 is 5.58. The molecule has 2 aliphatic heterocycles. The van der Waals surface area contributed by atoms with E-state index < -0.39 is 11.3 Å². The van der Waals surface area contributed by atoms with Crippen LogP contribution in [0.3, 0.4) is 0 Å². The lowest BCUT2D eigenvalue weighted by atomic mass is 9.78. The number of carbonyl (C=O) groups excluding carboxylic acids is 2. The summed E-state index contributed by atoms with van der Waals surface area (Å²) in [4.78, 5) is 25.6. The van der Waals surface area contributed by atoms with Crippen molar-refractivity contribution in [1.82, 2.24) is 10.2 Å². The maximum atomic E-state index is 12.6. The standard InChI is InChI=1S/C18H27NO3.C15H21ClO2.C3H7NO.ClH/c1-17(2,3)13-7-11(16(22)19-9-12(20)10-19)8-14(15(13)21)18(4,5)6;1-14(2,3)10-7-9(13(16)18)8-11(12(10)17)15(4,5)6;5-3-1-4-2-3;/h7-8,12,20-21H,9-10H2,1-6H3;7-8,17H,1-6H3;3-5H,1-2H2;1H. The van der Waals surface area contributed by atoms with Gasteiger partial charge in [0.25, 0.3) is 11.1 Å². The fourth-order valence-electron chi connectivity index (χ4n) is 4.87. The number of β-amino-alcohol motifs (C(OH)–C–C–N with tert-alkyl or cyclic N) is 2. The monoisotopic (exact) mass is 682 g/mol. The van der Waals surface area contributed by atoms with Crippen LogP contribution in [0, 0.1) is 0 Å². The van der Waals surface area contributed by atoms with Crippen LogP contribution in [-0.4, -0.2) is 74.9 Å². The molecule has 0 atom stereocenters. The van der Waals surface area contributed by atoms with Gasteiger partial charge in [-0.1, -0.05) is 83.1 Å². The zero-order chi connectivity index (χ0) is 34.9. The van der Waals surface area contributed by atoms with Crippen molar-refractivity contribution in [1.29, 1.82) is 0 Å². The van der Waals surface area contributed by atoms with E-state index in [9.17, 15) is 24.9 Å². The van der Waals surface area contributed by atoms with Crippen LogP contribution in [0.1, 0.15) is 126 Å². The van der Waals surface area contributed by atoms with Gasteiger partial charge in [-0.05, 0) is 57.5 Å². The van der Waals surface area contributed by atoms with Crippen LogP contribution in [0.15, 0.2) is 24.3 Å². The predicted molar refractivity (Wildman–Crippen MR) is 189 cm³/mol. The van der Waals surface area contributed by atoms with Gasteiger partial charge < -0.3 is 30.6 Å². The Kier molecular flexibility index (Phi) is 13.8. The second kappa shape index (κ2) is 15.2. The number of hydrogen-bond acceptors (Lipinski definition) is 7. The van der Waals surface area contributed by atoms with Gasteiger partial charge in [-0.25, -0.2) is 0 Å². The number of rotatable bonds is 2. The first kappa shape index (κ1) is 41.7. The first-order valence-electron chi connectivity index (χ1n) is 15.6. The van der Waals surface area contributed by atoms with Gasteiger partial charge in [0, 0.05) is 59.6 Å². The Hall–Kier alpha value is -2.36. The van der Waals surface area contributed by atoms with Gasteiger partial charge in [0.05, 0.1) is 12.2 Å². The third kappa shape index (κ3) is 10.8. The molecule has 10 heteroatoms. The molecule has 5 N–H and O–H groups in total. The topological polar surface area (TPSA) is 130 Å². The van der Waals surface area contributed by atoms with E-state index in [4.69, 9.17) is 16.7 Å². The van der Waals surface area contributed by atoms with Crippen LogP contribution in [0.2, 0.25) is 0 Å². The van der Waals surface area contributed by atoms with E-state index >= 15 is 0 Å². The Morgan fingerprint density at radius 1 is 0.652 bits per heavy atom. The average molecular weight is 684 g/mol. The van der Waals surface area contributed by atoms with Gasteiger partial charge in [0.2, 0.25) is 0 Å². The highest BCUT2D eigenvalue weighted by Crippen LogP contribution is 2.41. The molecular formula is C36H56Cl2N2O6. The number of aromatic hydroxyl groups is 2. The normalized spacial score (nSPS) is 15.7. The molecule has 0 radical (unpaired) electrons. The molecule has 2 aliphatic rings. The number of aliphatic hydroxyl groups excluding tert-OH is 2. The number of nitrogens with zero attached hydrogens (tertiary/aromatic N) is 1. The van der Waals surface area contributed by atoms with Crippen molar-refractivity contribution in [3.8, 4) is 11.5 Å². The van der Waals surface area contributed by atoms with E-state index in [2.05, 4.69) is 5.32 Å². The van der Waals surface area contributed by atoms with Crippen molar-refractivity contribution in [3.05, 3.63) is 57.6 Å². The molecule has 2 saturated heterocycles. The Balaban J connectivity index is 0.000000396. The zero-order valence-electron chi connectivity index (χ0n) is 29.6. The Morgan fingerprint density at radius 2 is 0.935 bits per heavy atom. The highest BCUT2D eigenvalue weighted by Gasteiger charge is 2.33. The Bertz CT molecular complexity index is 1300. The maximum Gasteiger partial charge on any atom is 0.254 e. The van der Waals surface area contributed by atoms with Gasteiger partial charge in [0.1, 0.15) is 11.5 Å². The SMILES string of the molecule is CC(C)(C)c1cc(C(=O)Cl)cc(C(C)(C)C)c1O.CC(C)(C)c1cc(C(=O)N2CC(O)C2)cc(C(C)(C)C)c1O.Cl.OC1CNC1. The molecular weight excluding hydrogens is 627 g/mol. The molecule has 8 nitrogen and oxygen atoms in total. The number of amides is 1. The fraction of sp³-hybridized carbons (Fsp3) is 0.611. The van der Waals surface area contributed by atoms with Crippen molar-refractivity contribution < 1.29 is 30.0 Å². The summed E-state index contributed by atoms with van der Waals surface area (Å²) in [5, 5.41) is 41.3. The summed E-state index contributed by atoms with van der Waals surface area (Å²) in [6.45, 7) is 26.5. The number of halogens is 2. The fourth-order valence-corrected chi connectivity index (χ4v) is 4.98. The van der Waals surface area contributed by atoms with Crippen LogP contribution in [0.4, 0.5) is 0 Å². The second-order valence-corrected chi connectivity index (χ2v) is 16.6. The van der Waals surface area contributed by atoms with E-state index in [0.717, 1.165) is 35.3 Å². The summed E-state index contributed by atoms with van der Waals surface area (Å²) in [5.41, 5.74) is 3.08. The van der Waals surface area contributed by atoms with Gasteiger partial charge in [-0.3, -0.25) is 9.59 Å². The molecule has 0 bridgehead atoms. The van der Waals surface area contributed by atoms with Crippen LogP contribution in [0.5, 0.6) is 11.5 Å². The minimum atomic E-state index is -0.494. The molecule has 0 aliphatic carbocycles. The molecule has 0 unspecified atom stereocenters. The van der Waals surface area contributed by atoms with Crippen LogP contribution >= 0.6 is 24.0 Å². The lowest BCUT2D eigenvalue weighted by molar-refractivity contribution is 0.00587. The van der Waals surface area contributed by atoms with E-state index in [1.807, 2.05) is 83.1 Å². The summed E-state index contributed by atoms with van der Waals surface area (Å²) < 4.78 is 0. The van der Waals surface area contributed by atoms with Crippen LogP contribution in [0.25, 0.3) is 0 Å². The number of nitrogens with one attached hydrogen (secondary N) is 1. The average Bonchev–Trinajstić information content (AvgIpc) is 2.83. The summed E-state index contributed by atoms with van der Waals surface area (Å²) in [7, 11) is 0. The molecule has 0 spiro atoms. The van der Waals surface area contributed by atoms with Gasteiger partial charge in [0.15, 0.2) is 0 Å². The largest absolute Gasteiger partial charge is 0.507 e. The lowest BCUT2D eigenvalue weighted by Gasteiger charge is -2.36. The lowest BCUT2D eigenvalue weighted by Crippen LogP contribution is -2.53. The summed E-state index contributed by atoms with van der Waals surface area (Å²) in [5.74, 6) is 0.457. The zero-order valence-corrected chi connectivity index (χ0v) is 31.2. The third-order valence-electron chi connectivity index (χ3n) is 7.84. The second-order valence-electron chi connectivity index (χ2n) is 16.3. The minimum absolute atomic E-state index is 0. The van der Waals surface area contributed by atoms with E-state index in [1.54, 1.807) is 29.2 Å². The molecule has 4 rings (SSSR count). The van der Waals surface area contributed by atoms with Crippen molar-refractivity contribution >= 4 is 35.2 Å². The van der Waals surface area contributed by atoms with E-state index in [0.29, 0.717) is 24.2 Å². The van der Waals surface area contributed by atoms with Crippen LogP contribution in [-0.2, 0) is 21.7 Å². The number of phenols is 2. The van der Waals surface area contributed by atoms with Crippen molar-refractivity contribution in [2.45, 2.75) is 117 Å². The first-order valence-corrected chi connectivity index (χ1v) is 15.9. The molecule has 0 aromatic heterocycles. The van der Waals surface area contributed by atoms with Crippen molar-refractivity contribution in [2.24, 2.45) is 0 Å². The van der Waals surface area contributed by atoms with Gasteiger partial charge in [-0.15, -0.1) is 12.4 Å². The number of aliphatic hydroxyl groups is 2. The summed E-state index contributed by atoms with van der Waals surface area (Å²) in [6.07, 6.45) is -0.458. The van der Waals surface area contributed by atoms with E-state index in [-0.39, 0.29) is 57.6 Å². The van der Waals surface area contributed by atoms with E-state index in [1.165, 1.54) is 0 Å². The molecule has 0 saturated carbocycles. The molecule has 260 valence electrons. The minimum Gasteiger partial charge on any atom is -0.507 e. The number of benzene rings is 2. The predicted octanol–water partition coefficient (Wildman–Crippen LogP) is 6.54. The molecule has 46 heavy (non-hydrogen) atoms. The number of likely N-dealkylation sites (tertiary alicyclic amines) is 1. The highest BCUT2D eigenvalue weighted by molar-refractivity contribution is 6.67. The molecule has 2 aromatic carbocycles. The number of carbonyl (C=O) groups is 2. The molecule has 1 amide bonds. The third-order valence-corrected chi connectivity index (χ3v) is 8.05. The smallest absolute Gasteiger partial charge is 0.254 e. The molecule has 2 fully saturated rings. The molecule has 2 heterocycles. The van der Waals surface area contributed by atoms with Gasteiger partial charge in [-0.2, -0.15) is 0 Å². The quantitative estimate of drug-likeness (QED) is 0.227. The van der Waals surface area contributed by atoms with Gasteiger partial charge >= 0.3 is 0 Å². The Labute approximate surface area is 287 Å². The first-order chi connectivity index (χ1) is 20.2. The number of phenolic OH excluding ortho intramolecular Hbond substituents is 2. The Morgan fingerprint density at radius 3 is 1.13 bits per heavy atom. The highest BCUT2D eigenvalue weighted by atomic mass is 35.5. The van der Waals surface area contributed by atoms with Crippen molar-refractivity contribution in [2.75, 3.05) is 26.2 Å². The molecule has 2 aromatic rings.